The highest BCUT2D eigenvalue weighted by Gasteiger charge is 2.25. The zero-order chi connectivity index (χ0) is 24.5. The number of methoxy groups -OCH3 is 1. The van der Waals surface area contributed by atoms with Gasteiger partial charge in [0.1, 0.15) is 23.3 Å². The lowest BCUT2D eigenvalue weighted by Gasteiger charge is -2.34. The first kappa shape index (κ1) is 23.1. The Balaban J connectivity index is 1.62. The van der Waals surface area contributed by atoms with Gasteiger partial charge in [0.2, 0.25) is 5.95 Å². The van der Waals surface area contributed by atoms with Crippen LogP contribution in [0.15, 0.2) is 42.5 Å². The average Bonchev–Trinajstić information content (AvgIpc) is 3.19. The van der Waals surface area contributed by atoms with E-state index >= 15 is 0 Å². The molecule has 1 saturated heterocycles. The maximum absolute atomic E-state index is 14.9. The second-order valence-corrected chi connectivity index (χ2v) is 8.29. The van der Waals surface area contributed by atoms with E-state index in [-0.39, 0.29) is 22.7 Å². The highest BCUT2D eigenvalue weighted by atomic mass is 19.1. The minimum Gasteiger partial charge on any atom is -0.383 e. The lowest BCUT2D eigenvalue weighted by Crippen LogP contribution is -2.47. The minimum absolute atomic E-state index is 0.0734. The van der Waals surface area contributed by atoms with E-state index in [0.717, 1.165) is 31.8 Å². The van der Waals surface area contributed by atoms with Crippen LogP contribution in [0.2, 0.25) is 0 Å². The van der Waals surface area contributed by atoms with Crippen molar-refractivity contribution in [1.82, 2.24) is 24.6 Å². The molecule has 3 heterocycles. The number of nitrogens with two attached hydrogens (primary N) is 1. The monoisotopic (exact) mass is 483 g/mol. The lowest BCUT2D eigenvalue weighted by molar-refractivity contribution is 0.144. The molecule has 11 heteroatoms. The van der Waals surface area contributed by atoms with E-state index in [1.807, 2.05) is 4.90 Å². The molecule has 2 aromatic heterocycles. The number of aromatic nitrogens is 4. The third-order valence-corrected chi connectivity index (χ3v) is 6.06. The van der Waals surface area contributed by atoms with Crippen molar-refractivity contribution in [2.75, 3.05) is 57.1 Å². The number of nitrogen functional groups attached to an aromatic ring is 1. The maximum atomic E-state index is 14.9. The summed E-state index contributed by atoms with van der Waals surface area (Å²) in [7, 11) is 1.67. The van der Waals surface area contributed by atoms with Crippen LogP contribution < -0.4 is 10.6 Å². The normalized spacial score (nSPS) is 14.7. The summed E-state index contributed by atoms with van der Waals surface area (Å²) in [4.78, 5) is 13.5. The van der Waals surface area contributed by atoms with Gasteiger partial charge < -0.3 is 15.4 Å². The minimum atomic E-state index is -0.779. The maximum Gasteiger partial charge on any atom is 0.228 e. The number of anilines is 2. The molecule has 1 fully saturated rings. The number of benzene rings is 2. The zero-order valence-electron chi connectivity index (χ0n) is 19.1. The molecule has 5 rings (SSSR count). The summed E-state index contributed by atoms with van der Waals surface area (Å²) in [6.45, 7) is 4.34. The van der Waals surface area contributed by atoms with E-state index in [4.69, 9.17) is 10.5 Å². The van der Waals surface area contributed by atoms with Crippen molar-refractivity contribution in [1.29, 1.82) is 0 Å². The molecule has 0 aliphatic carbocycles. The van der Waals surface area contributed by atoms with E-state index in [1.165, 1.54) is 28.9 Å². The second-order valence-electron chi connectivity index (χ2n) is 8.29. The number of halogens is 3. The van der Waals surface area contributed by atoms with Crippen molar-refractivity contribution < 1.29 is 17.9 Å². The second kappa shape index (κ2) is 9.51. The summed E-state index contributed by atoms with van der Waals surface area (Å²) >= 11 is 0. The van der Waals surface area contributed by atoms with Crippen LogP contribution in [0.25, 0.3) is 28.0 Å². The number of piperazine rings is 1. The number of rotatable bonds is 6. The molecule has 0 radical (unpaired) electrons. The van der Waals surface area contributed by atoms with Gasteiger partial charge in [-0.2, -0.15) is 4.98 Å². The summed E-state index contributed by atoms with van der Waals surface area (Å²) in [5, 5.41) is 4.80. The van der Waals surface area contributed by atoms with Crippen LogP contribution in [0, 0.1) is 17.5 Å². The van der Waals surface area contributed by atoms with Gasteiger partial charge in [-0.15, -0.1) is 5.10 Å². The van der Waals surface area contributed by atoms with Gasteiger partial charge in [-0.1, -0.05) is 6.07 Å². The molecular weight excluding hydrogens is 459 g/mol. The quantitative estimate of drug-likeness (QED) is 0.451. The molecule has 35 heavy (non-hydrogen) atoms. The van der Waals surface area contributed by atoms with Gasteiger partial charge >= 0.3 is 0 Å². The Kier molecular flexibility index (Phi) is 6.27. The largest absolute Gasteiger partial charge is 0.383 e. The van der Waals surface area contributed by atoms with Crippen LogP contribution in [0.1, 0.15) is 0 Å². The van der Waals surface area contributed by atoms with Crippen molar-refractivity contribution >= 4 is 22.8 Å². The number of hydrogen-bond donors (Lipinski definition) is 1. The molecule has 1 aliphatic heterocycles. The molecule has 182 valence electrons. The first-order valence-electron chi connectivity index (χ1n) is 11.2. The van der Waals surface area contributed by atoms with Gasteiger partial charge in [-0.05, 0) is 30.3 Å². The number of nitrogens with zero attached hydrogens (tertiary/aromatic N) is 6. The van der Waals surface area contributed by atoms with Gasteiger partial charge in [-0.3, -0.25) is 4.90 Å². The molecule has 1 aliphatic rings. The topological polar surface area (TPSA) is 85.3 Å². The molecule has 0 amide bonds. The Bertz CT molecular complexity index is 1370. The average molecular weight is 483 g/mol. The molecule has 2 aromatic carbocycles. The van der Waals surface area contributed by atoms with Crippen molar-refractivity contribution in [2.45, 2.75) is 0 Å². The Labute approximate surface area is 199 Å². The van der Waals surface area contributed by atoms with E-state index in [1.54, 1.807) is 13.2 Å². The summed E-state index contributed by atoms with van der Waals surface area (Å²) in [5.74, 6) is -1.44. The van der Waals surface area contributed by atoms with Crippen LogP contribution >= 0.6 is 0 Å². The fourth-order valence-electron chi connectivity index (χ4n) is 4.21. The van der Waals surface area contributed by atoms with Crippen molar-refractivity contribution in [3.63, 3.8) is 0 Å². The SMILES string of the molecule is COCCN1CCN(c2nc(-c3ccc(F)cc3F)c3c(N)n(-c4cccc(F)c4)nc3n2)CC1. The first-order valence-corrected chi connectivity index (χ1v) is 11.2. The fourth-order valence-corrected chi connectivity index (χ4v) is 4.21. The highest BCUT2D eigenvalue weighted by Crippen LogP contribution is 2.35. The molecule has 8 nitrogen and oxygen atoms in total. The fraction of sp³-hybridized carbons (Fsp3) is 0.292. The smallest absolute Gasteiger partial charge is 0.228 e. The molecule has 4 aromatic rings. The number of ether oxygens (including phenoxy) is 1. The predicted molar refractivity (Wildman–Crippen MR) is 127 cm³/mol. The summed E-state index contributed by atoms with van der Waals surface area (Å²) in [5.41, 5.74) is 7.30. The molecule has 0 spiro atoms. The van der Waals surface area contributed by atoms with Crippen molar-refractivity contribution in [2.24, 2.45) is 0 Å². The molecule has 0 atom stereocenters. The van der Waals surface area contributed by atoms with E-state index in [9.17, 15) is 13.2 Å². The highest BCUT2D eigenvalue weighted by molar-refractivity contribution is 5.99. The lowest BCUT2D eigenvalue weighted by atomic mass is 10.1. The van der Waals surface area contributed by atoms with Crippen LogP contribution in [-0.2, 0) is 4.74 Å². The first-order chi connectivity index (χ1) is 16.9. The summed E-state index contributed by atoms with van der Waals surface area (Å²) < 4.78 is 48.9. The van der Waals surface area contributed by atoms with Crippen LogP contribution in [-0.4, -0.2) is 71.1 Å². The molecule has 0 bridgehead atoms. The predicted octanol–water partition coefficient (Wildman–Crippen LogP) is 3.25. The molecular formula is C24H24F3N7O. The van der Waals surface area contributed by atoms with Gasteiger partial charge in [0.05, 0.1) is 23.4 Å². The summed E-state index contributed by atoms with van der Waals surface area (Å²) in [6, 6.07) is 9.06. The Hall–Kier alpha value is -3.70. The van der Waals surface area contributed by atoms with Crippen LogP contribution in [0.3, 0.4) is 0 Å². The molecule has 0 saturated carbocycles. The van der Waals surface area contributed by atoms with Gasteiger partial charge in [0, 0.05) is 51.5 Å². The van der Waals surface area contributed by atoms with Crippen molar-refractivity contribution in [3.8, 4) is 16.9 Å². The van der Waals surface area contributed by atoms with Crippen LogP contribution in [0.4, 0.5) is 24.9 Å². The standard InChI is InChI=1S/C24H24F3N7O/c1-35-12-11-32-7-9-33(10-8-32)24-29-21(18-6-5-16(26)14-19(18)27)20-22(28)34(31-23(20)30-24)17-4-2-3-15(25)13-17/h2-6,13-14H,7-12,28H2,1H3. The summed E-state index contributed by atoms with van der Waals surface area (Å²) in [6.07, 6.45) is 0. The van der Waals surface area contributed by atoms with E-state index in [2.05, 4.69) is 20.0 Å². The van der Waals surface area contributed by atoms with Crippen LogP contribution in [0.5, 0.6) is 0 Å². The van der Waals surface area contributed by atoms with Gasteiger partial charge in [0.25, 0.3) is 0 Å². The molecule has 2 N–H and O–H groups in total. The van der Waals surface area contributed by atoms with E-state index in [0.29, 0.717) is 36.7 Å². The molecule has 0 unspecified atom stereocenters. The zero-order valence-corrected chi connectivity index (χ0v) is 19.1. The number of hydrogen-bond acceptors (Lipinski definition) is 7. The third-order valence-electron chi connectivity index (χ3n) is 6.06. The van der Waals surface area contributed by atoms with E-state index < -0.39 is 17.5 Å². The van der Waals surface area contributed by atoms with Crippen molar-refractivity contribution in [3.05, 3.63) is 59.9 Å². The number of fused-ring (bicyclic) bond motifs is 1. The third kappa shape index (κ3) is 4.52. The Morgan fingerprint density at radius 2 is 1.74 bits per heavy atom. The Morgan fingerprint density at radius 3 is 2.46 bits per heavy atom. The van der Waals surface area contributed by atoms with Gasteiger partial charge in [0.15, 0.2) is 5.65 Å². The van der Waals surface area contributed by atoms with Gasteiger partial charge in [-0.25, -0.2) is 22.8 Å². The Morgan fingerprint density at radius 1 is 0.971 bits per heavy atom.